The van der Waals surface area contributed by atoms with Gasteiger partial charge in [0.25, 0.3) is 0 Å². The molecule has 0 radical (unpaired) electrons. The average Bonchev–Trinajstić information content (AvgIpc) is 2.39. The Morgan fingerprint density at radius 2 is 1.68 bits per heavy atom. The molecule has 0 aliphatic carbocycles. The largest absolute Gasteiger partial charge is 0.363 e. The predicted molar refractivity (Wildman–Crippen MR) is 78.9 cm³/mol. The monoisotopic (exact) mass is 291 g/mol. The van der Waals surface area contributed by atoms with Gasteiger partial charge < -0.3 is 25.4 Å². The van der Waals surface area contributed by atoms with E-state index in [9.17, 15) is 4.79 Å². The maximum absolute atomic E-state index is 11.3. The Bertz CT molecular complexity index is 271. The lowest BCUT2D eigenvalue weighted by Crippen LogP contribution is -2.41. The highest BCUT2D eigenvalue weighted by molar-refractivity contribution is 7.80. The van der Waals surface area contributed by atoms with Crippen LogP contribution >= 0.6 is 12.2 Å². The maximum atomic E-state index is 11.3. The van der Waals surface area contributed by atoms with E-state index in [1.165, 1.54) is 0 Å². The summed E-state index contributed by atoms with van der Waals surface area (Å²) in [4.78, 5) is 11.3. The van der Waals surface area contributed by atoms with E-state index in [1.807, 2.05) is 13.8 Å². The Labute approximate surface area is 120 Å². The second-order valence-corrected chi connectivity index (χ2v) is 4.75. The van der Waals surface area contributed by atoms with Crippen molar-refractivity contribution < 1.29 is 14.3 Å². The van der Waals surface area contributed by atoms with Gasteiger partial charge in [0.1, 0.15) is 0 Å². The molecule has 6 nitrogen and oxygen atoms in total. The van der Waals surface area contributed by atoms with Gasteiger partial charge in [-0.2, -0.15) is 0 Å². The molecule has 0 aliphatic rings. The van der Waals surface area contributed by atoms with E-state index in [4.69, 9.17) is 21.7 Å². The van der Waals surface area contributed by atoms with Crippen LogP contribution in [-0.2, 0) is 14.3 Å². The van der Waals surface area contributed by atoms with E-state index in [0.29, 0.717) is 24.7 Å². The fraction of sp³-hybridized carbons (Fsp3) is 0.833. The molecule has 0 atom stereocenters. The summed E-state index contributed by atoms with van der Waals surface area (Å²) in [7, 11) is 3.15. The lowest BCUT2D eigenvalue weighted by Gasteiger charge is -2.16. The van der Waals surface area contributed by atoms with Crippen molar-refractivity contribution in [1.29, 1.82) is 0 Å². The summed E-state index contributed by atoms with van der Waals surface area (Å²) in [6.07, 6.45) is 0.503. The number of carbonyl (C=O) groups is 1. The molecular weight excluding hydrogens is 266 g/mol. The summed E-state index contributed by atoms with van der Waals surface area (Å²) in [6.45, 7) is 5.58. The Kier molecular flexibility index (Phi) is 10.4. The van der Waals surface area contributed by atoms with Crippen molar-refractivity contribution in [3.8, 4) is 0 Å². The van der Waals surface area contributed by atoms with Crippen LogP contribution in [0.25, 0.3) is 0 Å². The molecule has 1 amide bonds. The highest BCUT2D eigenvalue weighted by Gasteiger charge is 2.06. The lowest BCUT2D eigenvalue weighted by atomic mass is 10.2. The molecule has 0 aliphatic heterocycles. The topological polar surface area (TPSA) is 71.6 Å². The fourth-order valence-corrected chi connectivity index (χ4v) is 1.39. The average molecular weight is 291 g/mol. The zero-order valence-corrected chi connectivity index (χ0v) is 12.9. The number of methoxy groups -OCH3 is 2. The molecule has 0 fully saturated rings. The van der Waals surface area contributed by atoms with E-state index in [0.717, 1.165) is 6.42 Å². The Morgan fingerprint density at radius 3 is 2.21 bits per heavy atom. The van der Waals surface area contributed by atoms with Crippen LogP contribution in [0.3, 0.4) is 0 Å². The normalized spacial score (nSPS) is 10.6. The second-order valence-electron chi connectivity index (χ2n) is 4.34. The first-order chi connectivity index (χ1) is 9.01. The summed E-state index contributed by atoms with van der Waals surface area (Å²) < 4.78 is 10.0. The fourth-order valence-electron chi connectivity index (χ4n) is 1.21. The number of rotatable bonds is 9. The minimum Gasteiger partial charge on any atom is -0.363 e. The summed E-state index contributed by atoms with van der Waals surface area (Å²) in [5, 5.41) is 9.42. The van der Waals surface area contributed by atoms with Gasteiger partial charge in [0.2, 0.25) is 5.91 Å². The van der Waals surface area contributed by atoms with E-state index in [-0.39, 0.29) is 18.1 Å². The van der Waals surface area contributed by atoms with Crippen LogP contribution in [0, 0.1) is 5.92 Å². The van der Waals surface area contributed by atoms with Crippen molar-refractivity contribution in [1.82, 2.24) is 16.0 Å². The van der Waals surface area contributed by atoms with Gasteiger partial charge in [0.05, 0.1) is 6.54 Å². The zero-order valence-electron chi connectivity index (χ0n) is 12.1. The molecule has 0 aromatic rings. The minimum absolute atomic E-state index is 0.0238. The molecule has 0 spiro atoms. The van der Waals surface area contributed by atoms with Gasteiger partial charge in [-0.1, -0.05) is 13.8 Å². The number of hydrogen-bond acceptors (Lipinski definition) is 4. The van der Waals surface area contributed by atoms with Crippen LogP contribution in [0.1, 0.15) is 20.3 Å². The zero-order chi connectivity index (χ0) is 14.7. The SMILES string of the molecule is COC(CNC(=S)NCCCNC(=O)C(C)C)OC. The van der Waals surface area contributed by atoms with Crippen LogP contribution in [0.5, 0.6) is 0 Å². The van der Waals surface area contributed by atoms with E-state index < -0.39 is 0 Å². The van der Waals surface area contributed by atoms with E-state index in [1.54, 1.807) is 14.2 Å². The lowest BCUT2D eigenvalue weighted by molar-refractivity contribution is -0.123. The van der Waals surface area contributed by atoms with E-state index >= 15 is 0 Å². The second kappa shape index (κ2) is 11.0. The first-order valence-electron chi connectivity index (χ1n) is 6.36. The van der Waals surface area contributed by atoms with Crippen molar-refractivity contribution in [3.63, 3.8) is 0 Å². The van der Waals surface area contributed by atoms with Crippen LogP contribution < -0.4 is 16.0 Å². The van der Waals surface area contributed by atoms with Gasteiger partial charge >= 0.3 is 0 Å². The molecule has 0 saturated carbocycles. The summed E-state index contributed by atoms with van der Waals surface area (Å²) in [5.74, 6) is 0.0967. The van der Waals surface area contributed by atoms with E-state index in [2.05, 4.69) is 16.0 Å². The van der Waals surface area contributed by atoms with Gasteiger partial charge in [-0.25, -0.2) is 0 Å². The highest BCUT2D eigenvalue weighted by atomic mass is 32.1. The predicted octanol–water partition coefficient (Wildman–Crippen LogP) is 0.232. The summed E-state index contributed by atoms with van der Waals surface area (Å²) in [6, 6.07) is 0. The van der Waals surface area contributed by atoms with Crippen molar-refractivity contribution in [2.75, 3.05) is 33.9 Å². The quantitative estimate of drug-likeness (QED) is 0.321. The van der Waals surface area contributed by atoms with Gasteiger partial charge in [0, 0.05) is 33.2 Å². The van der Waals surface area contributed by atoms with Gasteiger partial charge in [-0.3, -0.25) is 4.79 Å². The highest BCUT2D eigenvalue weighted by Crippen LogP contribution is 1.90. The molecule has 112 valence electrons. The molecule has 0 rings (SSSR count). The summed E-state index contributed by atoms with van der Waals surface area (Å²) in [5.41, 5.74) is 0. The third-order valence-electron chi connectivity index (χ3n) is 2.42. The molecule has 0 aromatic carbocycles. The molecule has 0 unspecified atom stereocenters. The number of carbonyl (C=O) groups excluding carboxylic acids is 1. The first-order valence-corrected chi connectivity index (χ1v) is 6.77. The molecular formula is C12H25N3O3S. The van der Waals surface area contributed by atoms with Crippen LogP contribution in [0.15, 0.2) is 0 Å². The molecule has 19 heavy (non-hydrogen) atoms. The van der Waals surface area contributed by atoms with Crippen molar-refractivity contribution >= 4 is 23.2 Å². The van der Waals surface area contributed by atoms with Crippen LogP contribution in [0.2, 0.25) is 0 Å². The van der Waals surface area contributed by atoms with Gasteiger partial charge in [-0.05, 0) is 18.6 Å². The third kappa shape index (κ3) is 9.63. The molecule has 0 saturated heterocycles. The van der Waals surface area contributed by atoms with Crippen molar-refractivity contribution in [2.24, 2.45) is 5.92 Å². The van der Waals surface area contributed by atoms with Gasteiger partial charge in [-0.15, -0.1) is 0 Å². The molecule has 3 N–H and O–H groups in total. The molecule has 0 bridgehead atoms. The number of nitrogens with one attached hydrogen (secondary N) is 3. The Hall–Kier alpha value is -0.920. The molecule has 0 heterocycles. The molecule has 7 heteroatoms. The molecule has 0 aromatic heterocycles. The number of ether oxygens (including phenoxy) is 2. The Morgan fingerprint density at radius 1 is 1.11 bits per heavy atom. The minimum atomic E-state index is -0.315. The third-order valence-corrected chi connectivity index (χ3v) is 2.71. The smallest absolute Gasteiger partial charge is 0.222 e. The van der Waals surface area contributed by atoms with Crippen molar-refractivity contribution in [3.05, 3.63) is 0 Å². The van der Waals surface area contributed by atoms with Crippen LogP contribution in [0.4, 0.5) is 0 Å². The summed E-state index contributed by atoms with van der Waals surface area (Å²) >= 11 is 5.09. The number of amides is 1. The standard InChI is InChI=1S/C12H25N3O3S/c1-9(2)11(16)13-6-5-7-14-12(19)15-8-10(17-3)18-4/h9-10H,5-8H2,1-4H3,(H,13,16)(H2,14,15,19). The first kappa shape index (κ1) is 18.1. The number of hydrogen-bond donors (Lipinski definition) is 3. The Balaban J connectivity index is 3.51. The van der Waals surface area contributed by atoms with Crippen LogP contribution in [-0.4, -0.2) is 51.2 Å². The number of thiocarbonyl (C=S) groups is 1. The van der Waals surface area contributed by atoms with Gasteiger partial charge in [0.15, 0.2) is 11.4 Å². The van der Waals surface area contributed by atoms with Crippen molar-refractivity contribution in [2.45, 2.75) is 26.6 Å². The maximum Gasteiger partial charge on any atom is 0.222 e.